The van der Waals surface area contributed by atoms with Gasteiger partial charge in [-0.05, 0) is 93.5 Å². The van der Waals surface area contributed by atoms with Gasteiger partial charge in [-0.15, -0.1) is 5.10 Å². The Kier molecular flexibility index (Phi) is 9.35. The van der Waals surface area contributed by atoms with Crippen LogP contribution >= 0.6 is 27.5 Å². The maximum absolute atomic E-state index is 13.2. The van der Waals surface area contributed by atoms with Crippen LogP contribution in [0.4, 0.5) is 5.82 Å². The quantitative estimate of drug-likeness (QED) is 0.187. The Morgan fingerprint density at radius 3 is 2.81 bits per heavy atom. The first kappa shape index (κ1) is 29.5. The first-order valence-electron chi connectivity index (χ1n) is 13.2. The van der Waals surface area contributed by atoms with Gasteiger partial charge in [-0.2, -0.15) is 9.78 Å². The van der Waals surface area contributed by atoms with Crippen LogP contribution in [0.2, 0.25) is 5.02 Å². The molecule has 1 aliphatic rings. The minimum absolute atomic E-state index is 0.0397. The summed E-state index contributed by atoms with van der Waals surface area (Å²) in [6.45, 7) is 4.71. The van der Waals surface area contributed by atoms with E-state index in [9.17, 15) is 4.79 Å². The van der Waals surface area contributed by atoms with Crippen LogP contribution in [-0.2, 0) is 13.2 Å². The molecule has 5 rings (SSSR count). The lowest BCUT2D eigenvalue weighted by Gasteiger charge is -2.30. The van der Waals surface area contributed by atoms with Crippen molar-refractivity contribution >= 4 is 45.5 Å². The summed E-state index contributed by atoms with van der Waals surface area (Å²) in [5, 5.41) is 20.4. The molecule has 1 amide bonds. The second kappa shape index (κ2) is 13.3. The van der Waals surface area contributed by atoms with Crippen molar-refractivity contribution in [2.75, 3.05) is 25.9 Å². The standard InChI is InChI=1S/C27H29BrClN9O4/c1-16-6-8-37(9-7-16)14-21-23(32-36-38(21)26-25(30)34-42-35-26)27(39)33-31-13-18-11-20(28)24(22(12-18)40-2)41-15-17-4-3-5-19(29)10-17/h3-5,10-13,16H,6-9,14-15H2,1-2H3,(H2,30,34)(H,33,39)/b31-13+. The lowest BCUT2D eigenvalue weighted by atomic mass is 9.99. The Balaban J connectivity index is 1.31. The van der Waals surface area contributed by atoms with Gasteiger partial charge in [-0.25, -0.2) is 10.1 Å². The number of rotatable bonds is 10. The molecule has 2 aromatic carbocycles. The number of nitrogens with one attached hydrogen (secondary N) is 1. The molecule has 1 aliphatic heterocycles. The highest BCUT2D eigenvalue weighted by atomic mass is 79.9. The number of benzene rings is 2. The third-order valence-electron chi connectivity index (χ3n) is 6.83. The van der Waals surface area contributed by atoms with Crippen LogP contribution in [0.25, 0.3) is 5.82 Å². The minimum atomic E-state index is -0.541. The summed E-state index contributed by atoms with van der Waals surface area (Å²) in [6.07, 6.45) is 3.61. The van der Waals surface area contributed by atoms with Gasteiger partial charge in [0.2, 0.25) is 11.6 Å². The number of piperidine rings is 1. The monoisotopic (exact) mass is 657 g/mol. The van der Waals surface area contributed by atoms with Crippen LogP contribution in [-0.4, -0.2) is 62.5 Å². The van der Waals surface area contributed by atoms with Crippen LogP contribution in [0.3, 0.4) is 0 Å². The highest BCUT2D eigenvalue weighted by Crippen LogP contribution is 2.37. The fourth-order valence-electron chi connectivity index (χ4n) is 4.51. The summed E-state index contributed by atoms with van der Waals surface area (Å²) in [6, 6.07) is 11.0. The lowest BCUT2D eigenvalue weighted by Crippen LogP contribution is -2.34. The van der Waals surface area contributed by atoms with Gasteiger partial charge in [0.25, 0.3) is 5.91 Å². The van der Waals surface area contributed by atoms with E-state index in [2.05, 4.69) is 58.9 Å². The van der Waals surface area contributed by atoms with Gasteiger partial charge < -0.3 is 15.2 Å². The van der Waals surface area contributed by atoms with Crippen LogP contribution in [0.1, 0.15) is 47.1 Å². The van der Waals surface area contributed by atoms with Gasteiger partial charge >= 0.3 is 0 Å². The topological polar surface area (TPSA) is 159 Å². The minimum Gasteiger partial charge on any atom is -0.493 e. The van der Waals surface area contributed by atoms with E-state index in [4.69, 9.17) is 31.4 Å². The van der Waals surface area contributed by atoms with Gasteiger partial charge in [-0.3, -0.25) is 9.69 Å². The number of methoxy groups -OCH3 is 1. The molecule has 1 fully saturated rings. The van der Waals surface area contributed by atoms with Gasteiger partial charge in [-0.1, -0.05) is 35.9 Å². The molecule has 0 bridgehead atoms. The number of likely N-dealkylation sites (tertiary alicyclic amines) is 1. The first-order valence-corrected chi connectivity index (χ1v) is 14.3. The molecule has 1 saturated heterocycles. The average molecular weight is 659 g/mol. The van der Waals surface area contributed by atoms with Crippen molar-refractivity contribution in [3.63, 3.8) is 0 Å². The number of ether oxygens (including phenoxy) is 2. The molecule has 0 unspecified atom stereocenters. The summed E-state index contributed by atoms with van der Waals surface area (Å²) in [5.74, 6) is 1.32. The number of aromatic nitrogens is 5. The molecule has 0 spiro atoms. The number of nitrogens with zero attached hydrogens (tertiary/aromatic N) is 7. The van der Waals surface area contributed by atoms with Crippen molar-refractivity contribution in [1.82, 2.24) is 35.6 Å². The van der Waals surface area contributed by atoms with Crippen molar-refractivity contribution < 1.29 is 18.9 Å². The smallest absolute Gasteiger partial charge is 0.293 e. The number of amides is 1. The summed E-state index contributed by atoms with van der Waals surface area (Å²) < 4.78 is 18.3. The Hall–Kier alpha value is -4.01. The van der Waals surface area contributed by atoms with Gasteiger partial charge in [0.1, 0.15) is 6.61 Å². The van der Waals surface area contributed by atoms with E-state index < -0.39 is 5.91 Å². The highest BCUT2D eigenvalue weighted by Gasteiger charge is 2.27. The summed E-state index contributed by atoms with van der Waals surface area (Å²) in [7, 11) is 1.54. The van der Waals surface area contributed by atoms with Gasteiger partial charge in [0.15, 0.2) is 17.2 Å². The predicted octanol–water partition coefficient (Wildman–Crippen LogP) is 4.23. The maximum Gasteiger partial charge on any atom is 0.293 e. The van der Waals surface area contributed by atoms with Crippen LogP contribution in [0, 0.1) is 5.92 Å². The molecular formula is C27H29BrClN9O4. The molecule has 15 heteroatoms. The second-order valence-corrected chi connectivity index (χ2v) is 11.2. The molecular weight excluding hydrogens is 630 g/mol. The number of hydrazone groups is 1. The van der Waals surface area contributed by atoms with Crippen molar-refractivity contribution in [1.29, 1.82) is 0 Å². The Morgan fingerprint density at radius 2 is 2.10 bits per heavy atom. The summed E-state index contributed by atoms with van der Waals surface area (Å²) in [4.78, 5) is 15.4. The van der Waals surface area contributed by atoms with Crippen molar-refractivity contribution in [2.45, 2.75) is 32.9 Å². The summed E-state index contributed by atoms with van der Waals surface area (Å²) in [5.41, 5.74) is 10.6. The molecule has 4 aromatic rings. The molecule has 3 N–H and O–H groups in total. The number of anilines is 1. The maximum atomic E-state index is 13.2. The molecule has 0 aliphatic carbocycles. The molecule has 0 saturated carbocycles. The van der Waals surface area contributed by atoms with Crippen molar-refractivity contribution in [3.8, 4) is 17.3 Å². The zero-order chi connectivity index (χ0) is 29.6. The van der Waals surface area contributed by atoms with E-state index in [0.717, 1.165) is 31.5 Å². The van der Waals surface area contributed by atoms with Crippen LogP contribution in [0.5, 0.6) is 11.5 Å². The van der Waals surface area contributed by atoms with Crippen LogP contribution < -0.4 is 20.6 Å². The molecule has 0 atom stereocenters. The van der Waals surface area contributed by atoms with E-state index in [1.165, 1.54) is 10.9 Å². The number of nitrogen functional groups attached to an aromatic ring is 1. The third-order valence-corrected chi connectivity index (χ3v) is 7.65. The SMILES string of the molecule is COc1cc(/C=N/NC(=O)c2nnn(-c3nonc3N)c2CN2CCC(C)CC2)cc(Br)c1OCc1cccc(Cl)c1. The lowest BCUT2D eigenvalue weighted by molar-refractivity contribution is 0.0946. The van der Waals surface area contributed by atoms with Crippen molar-refractivity contribution in [2.24, 2.45) is 11.0 Å². The molecule has 220 valence electrons. The molecule has 2 aromatic heterocycles. The van der Waals surface area contributed by atoms with Crippen LogP contribution in [0.15, 0.2) is 50.6 Å². The summed E-state index contributed by atoms with van der Waals surface area (Å²) >= 11 is 9.61. The molecule has 3 heterocycles. The predicted molar refractivity (Wildman–Crippen MR) is 159 cm³/mol. The number of nitrogens with two attached hydrogens (primary N) is 1. The Bertz CT molecular complexity index is 1580. The highest BCUT2D eigenvalue weighted by molar-refractivity contribution is 9.10. The average Bonchev–Trinajstić information content (AvgIpc) is 3.58. The Labute approximate surface area is 255 Å². The molecule has 0 radical (unpaired) electrons. The van der Waals surface area contributed by atoms with E-state index in [0.29, 0.717) is 51.3 Å². The third kappa shape index (κ3) is 6.89. The number of halogens is 2. The first-order chi connectivity index (χ1) is 20.3. The largest absolute Gasteiger partial charge is 0.493 e. The molecule has 42 heavy (non-hydrogen) atoms. The number of hydrogen-bond acceptors (Lipinski definition) is 11. The van der Waals surface area contributed by atoms with E-state index in [1.54, 1.807) is 25.3 Å². The molecule has 13 nitrogen and oxygen atoms in total. The zero-order valence-corrected chi connectivity index (χ0v) is 25.3. The van der Waals surface area contributed by atoms with E-state index in [1.807, 2.05) is 18.2 Å². The number of hydrogen-bond donors (Lipinski definition) is 2. The van der Waals surface area contributed by atoms with E-state index >= 15 is 0 Å². The second-order valence-electron chi connectivity index (χ2n) is 9.88. The van der Waals surface area contributed by atoms with Crippen molar-refractivity contribution in [3.05, 3.63) is 68.4 Å². The number of carbonyl (C=O) groups excluding carboxylic acids is 1. The fourth-order valence-corrected chi connectivity index (χ4v) is 5.30. The van der Waals surface area contributed by atoms with Gasteiger partial charge in [0, 0.05) is 11.6 Å². The van der Waals surface area contributed by atoms with E-state index in [-0.39, 0.29) is 17.3 Å². The normalized spacial score (nSPS) is 14.4. The van der Waals surface area contributed by atoms with Gasteiger partial charge in [0.05, 0.1) is 23.5 Å². The zero-order valence-electron chi connectivity index (χ0n) is 23.0. The number of carbonyl (C=O) groups is 1. The Morgan fingerprint density at radius 1 is 1.29 bits per heavy atom. The fraction of sp³-hybridized carbons (Fsp3) is 0.333.